The first-order valence-corrected chi connectivity index (χ1v) is 7.31. The van der Waals surface area contributed by atoms with E-state index in [4.69, 9.17) is 4.74 Å². The van der Waals surface area contributed by atoms with Gasteiger partial charge in [-0.05, 0) is 49.4 Å². The molecule has 3 aliphatic carbocycles. The van der Waals surface area contributed by atoms with Crippen LogP contribution in [0, 0.1) is 28.6 Å². The van der Waals surface area contributed by atoms with E-state index in [1.165, 1.54) is 0 Å². The highest BCUT2D eigenvalue weighted by atomic mass is 16.6. The van der Waals surface area contributed by atoms with Gasteiger partial charge in [-0.1, -0.05) is 13.8 Å². The summed E-state index contributed by atoms with van der Waals surface area (Å²) in [4.78, 5) is 0. The summed E-state index contributed by atoms with van der Waals surface area (Å²) >= 11 is 0. The van der Waals surface area contributed by atoms with E-state index in [0.717, 1.165) is 19.3 Å². The number of aliphatic hydroxyl groups excluding tert-OH is 1. The quantitative estimate of drug-likeness (QED) is 0.697. The Morgan fingerprint density at radius 1 is 1.17 bits per heavy atom. The SMILES string of the molecule is CC1(CO)CC2CC3(C)C(C2C1)C1OC1C3(C)O. The van der Waals surface area contributed by atoms with E-state index in [1.54, 1.807) is 0 Å². The summed E-state index contributed by atoms with van der Waals surface area (Å²) in [7, 11) is 0. The Morgan fingerprint density at radius 2 is 1.89 bits per heavy atom. The summed E-state index contributed by atoms with van der Waals surface area (Å²) in [5.41, 5.74) is -0.509. The summed E-state index contributed by atoms with van der Waals surface area (Å²) in [6.07, 6.45) is 3.71. The van der Waals surface area contributed by atoms with Crippen molar-refractivity contribution in [1.29, 1.82) is 0 Å². The van der Waals surface area contributed by atoms with Gasteiger partial charge in [0.2, 0.25) is 0 Å². The minimum Gasteiger partial charge on any atom is -0.396 e. The van der Waals surface area contributed by atoms with E-state index in [0.29, 0.717) is 30.5 Å². The Bertz CT molecular complexity index is 407. The molecule has 8 unspecified atom stereocenters. The zero-order valence-corrected chi connectivity index (χ0v) is 11.5. The highest BCUT2D eigenvalue weighted by Crippen LogP contribution is 2.73. The maximum absolute atomic E-state index is 10.8. The van der Waals surface area contributed by atoms with Gasteiger partial charge < -0.3 is 14.9 Å². The summed E-state index contributed by atoms with van der Waals surface area (Å²) in [6, 6.07) is 0. The van der Waals surface area contributed by atoms with E-state index in [2.05, 4.69) is 13.8 Å². The van der Waals surface area contributed by atoms with Gasteiger partial charge in [0.1, 0.15) is 6.10 Å². The molecule has 0 spiro atoms. The van der Waals surface area contributed by atoms with Crippen molar-refractivity contribution in [2.75, 3.05) is 6.61 Å². The van der Waals surface area contributed by atoms with Crippen LogP contribution in [0.1, 0.15) is 40.0 Å². The van der Waals surface area contributed by atoms with Crippen molar-refractivity contribution in [3.8, 4) is 0 Å². The Labute approximate surface area is 109 Å². The second-order valence-corrected chi connectivity index (χ2v) is 8.12. The molecule has 0 aromatic rings. The molecule has 4 rings (SSSR count). The van der Waals surface area contributed by atoms with Crippen LogP contribution in [-0.4, -0.2) is 34.6 Å². The molecule has 3 saturated carbocycles. The van der Waals surface area contributed by atoms with Crippen molar-refractivity contribution in [2.24, 2.45) is 28.6 Å². The largest absolute Gasteiger partial charge is 0.396 e. The lowest BCUT2D eigenvalue weighted by molar-refractivity contribution is -0.101. The first-order valence-electron chi connectivity index (χ1n) is 7.31. The van der Waals surface area contributed by atoms with Gasteiger partial charge in [-0.2, -0.15) is 0 Å². The number of hydrogen-bond donors (Lipinski definition) is 2. The van der Waals surface area contributed by atoms with Crippen molar-refractivity contribution in [3.63, 3.8) is 0 Å². The molecule has 1 aliphatic heterocycles. The number of fused-ring (bicyclic) bond motifs is 5. The third-order valence-corrected chi connectivity index (χ3v) is 6.94. The fourth-order valence-electron chi connectivity index (χ4n) is 5.85. The van der Waals surface area contributed by atoms with E-state index in [1.807, 2.05) is 6.92 Å². The van der Waals surface area contributed by atoms with Gasteiger partial charge in [-0.15, -0.1) is 0 Å². The lowest BCUT2D eigenvalue weighted by atomic mass is 9.69. The molecule has 8 atom stereocenters. The average molecular weight is 252 g/mol. The number of hydrogen-bond acceptors (Lipinski definition) is 3. The van der Waals surface area contributed by atoms with Crippen LogP contribution < -0.4 is 0 Å². The number of rotatable bonds is 1. The molecule has 18 heavy (non-hydrogen) atoms. The molecule has 3 heteroatoms. The van der Waals surface area contributed by atoms with E-state index in [9.17, 15) is 10.2 Å². The highest BCUT2D eigenvalue weighted by Gasteiger charge is 2.78. The normalized spacial score (nSPS) is 68.8. The fourth-order valence-corrected chi connectivity index (χ4v) is 5.85. The molecule has 0 aromatic carbocycles. The molecule has 1 heterocycles. The smallest absolute Gasteiger partial charge is 0.113 e. The van der Waals surface area contributed by atoms with E-state index in [-0.39, 0.29) is 16.9 Å². The van der Waals surface area contributed by atoms with Crippen molar-refractivity contribution < 1.29 is 14.9 Å². The van der Waals surface area contributed by atoms with Crippen LogP contribution in [-0.2, 0) is 4.74 Å². The Kier molecular flexibility index (Phi) is 1.93. The maximum Gasteiger partial charge on any atom is 0.113 e. The molecule has 3 nitrogen and oxygen atoms in total. The first kappa shape index (κ1) is 11.7. The third kappa shape index (κ3) is 1.09. The van der Waals surface area contributed by atoms with Gasteiger partial charge in [0, 0.05) is 12.0 Å². The molecule has 0 bridgehead atoms. The van der Waals surface area contributed by atoms with Crippen LogP contribution in [0.25, 0.3) is 0 Å². The molecule has 4 aliphatic rings. The van der Waals surface area contributed by atoms with Crippen LogP contribution in [0.5, 0.6) is 0 Å². The first-order chi connectivity index (χ1) is 8.32. The van der Waals surface area contributed by atoms with Crippen LogP contribution in [0.3, 0.4) is 0 Å². The van der Waals surface area contributed by atoms with Crippen LogP contribution in [0.15, 0.2) is 0 Å². The standard InChI is InChI=1S/C15H24O3/c1-13(7-16)4-8-5-14(2)10(9(8)6-13)11-12(18-11)15(14,3)17/h8-12,16-17H,4-7H2,1-3H3. The monoisotopic (exact) mass is 252 g/mol. The Morgan fingerprint density at radius 3 is 2.56 bits per heavy atom. The predicted octanol–water partition coefficient (Wildman–Crippen LogP) is 1.57. The highest BCUT2D eigenvalue weighted by molar-refractivity contribution is 5.26. The Balaban J connectivity index is 1.69. The minimum absolute atomic E-state index is 0.0344. The van der Waals surface area contributed by atoms with Gasteiger partial charge in [0.15, 0.2) is 0 Å². The second-order valence-electron chi connectivity index (χ2n) is 8.12. The molecule has 2 N–H and O–H groups in total. The summed E-state index contributed by atoms with van der Waals surface area (Å²) in [5, 5.41) is 20.4. The van der Waals surface area contributed by atoms with Crippen molar-refractivity contribution in [3.05, 3.63) is 0 Å². The predicted molar refractivity (Wildman–Crippen MR) is 66.9 cm³/mol. The summed E-state index contributed by atoms with van der Waals surface area (Å²) in [5.74, 6) is 1.83. The zero-order valence-electron chi connectivity index (χ0n) is 11.5. The van der Waals surface area contributed by atoms with Crippen molar-refractivity contribution in [2.45, 2.75) is 57.8 Å². The summed E-state index contributed by atoms with van der Waals surface area (Å²) in [6.45, 7) is 6.75. The number of aliphatic hydroxyl groups is 2. The second kappa shape index (κ2) is 2.97. The van der Waals surface area contributed by atoms with Gasteiger partial charge in [-0.3, -0.25) is 0 Å². The fraction of sp³-hybridized carbons (Fsp3) is 1.00. The topological polar surface area (TPSA) is 53.0 Å². The molecule has 102 valence electrons. The zero-order chi connectivity index (χ0) is 12.9. The average Bonchev–Trinajstić information content (AvgIpc) is 2.89. The van der Waals surface area contributed by atoms with Crippen molar-refractivity contribution in [1.82, 2.24) is 0 Å². The van der Waals surface area contributed by atoms with E-state index < -0.39 is 5.60 Å². The van der Waals surface area contributed by atoms with Crippen molar-refractivity contribution >= 4 is 0 Å². The third-order valence-electron chi connectivity index (χ3n) is 6.94. The maximum atomic E-state index is 10.8. The lowest BCUT2D eigenvalue weighted by Crippen LogP contribution is -2.46. The lowest BCUT2D eigenvalue weighted by Gasteiger charge is -2.41. The van der Waals surface area contributed by atoms with Crippen LogP contribution in [0.2, 0.25) is 0 Å². The number of ether oxygens (including phenoxy) is 1. The van der Waals surface area contributed by atoms with Gasteiger partial charge in [0.25, 0.3) is 0 Å². The molecule has 0 amide bonds. The Hall–Kier alpha value is -0.120. The molecule has 0 radical (unpaired) electrons. The van der Waals surface area contributed by atoms with Gasteiger partial charge >= 0.3 is 0 Å². The van der Waals surface area contributed by atoms with Crippen LogP contribution >= 0.6 is 0 Å². The molecular weight excluding hydrogens is 228 g/mol. The van der Waals surface area contributed by atoms with Crippen LogP contribution in [0.4, 0.5) is 0 Å². The van der Waals surface area contributed by atoms with E-state index >= 15 is 0 Å². The molecular formula is C15H24O3. The molecule has 0 aromatic heterocycles. The van der Waals surface area contributed by atoms with Gasteiger partial charge in [-0.25, -0.2) is 0 Å². The molecule has 1 saturated heterocycles. The summed E-state index contributed by atoms with van der Waals surface area (Å²) < 4.78 is 5.74. The molecule has 4 fully saturated rings. The number of epoxide rings is 1. The minimum atomic E-state index is -0.651. The van der Waals surface area contributed by atoms with Gasteiger partial charge in [0.05, 0.1) is 11.7 Å².